The Kier molecular flexibility index (Phi) is 14.1. The van der Waals surface area contributed by atoms with Crippen molar-refractivity contribution in [3.8, 4) is 0 Å². The van der Waals surface area contributed by atoms with Gasteiger partial charge in [0, 0.05) is 0 Å². The predicted molar refractivity (Wildman–Crippen MR) is 94.3 cm³/mol. The van der Waals surface area contributed by atoms with Gasteiger partial charge in [-0.1, -0.05) is 84.1 Å². The van der Waals surface area contributed by atoms with E-state index in [-0.39, 0.29) is 6.61 Å². The van der Waals surface area contributed by atoms with Gasteiger partial charge in [0.05, 0.1) is 6.61 Å². The number of amides is 1. The molecule has 0 aromatic heterocycles. The van der Waals surface area contributed by atoms with Crippen LogP contribution in [0.2, 0.25) is 0 Å². The number of unbranched alkanes of at least 4 members (excludes halogenated alkanes) is 11. The standard InChI is InChI=1S/C17H33NO4S/c1-3-5-6-7-8-9-10-11-12-13-14-15-16-22-23(20,21)18-17(19)4-2/h4H,2-3,5-16H2,1H3,(H,18,19). The molecule has 0 spiro atoms. The molecule has 0 saturated heterocycles. The third kappa shape index (κ3) is 15.8. The summed E-state index contributed by atoms with van der Waals surface area (Å²) in [7, 11) is -3.98. The third-order valence-electron chi connectivity index (χ3n) is 3.65. The predicted octanol–water partition coefficient (Wildman–Crippen LogP) is 4.25. The Balaban J connectivity index is 3.33. The summed E-state index contributed by atoms with van der Waals surface area (Å²) in [6, 6.07) is 0. The lowest BCUT2D eigenvalue weighted by molar-refractivity contribution is -0.114. The van der Waals surface area contributed by atoms with Crippen LogP contribution in [0, 0.1) is 0 Å². The third-order valence-corrected chi connectivity index (χ3v) is 4.58. The summed E-state index contributed by atoms with van der Waals surface area (Å²) >= 11 is 0. The minimum atomic E-state index is -3.98. The van der Waals surface area contributed by atoms with Gasteiger partial charge in [-0.3, -0.25) is 8.98 Å². The van der Waals surface area contributed by atoms with Crippen molar-refractivity contribution in [2.75, 3.05) is 6.61 Å². The first-order chi connectivity index (χ1) is 11.0. The smallest absolute Gasteiger partial charge is 0.269 e. The molecule has 0 aromatic carbocycles. The normalized spacial score (nSPS) is 11.3. The first kappa shape index (κ1) is 22.1. The number of hydrogen-bond acceptors (Lipinski definition) is 4. The fourth-order valence-corrected chi connectivity index (χ4v) is 3.03. The summed E-state index contributed by atoms with van der Waals surface area (Å²) in [5.41, 5.74) is 0. The fraction of sp³-hybridized carbons (Fsp3) is 0.824. The van der Waals surface area contributed by atoms with Gasteiger partial charge in [-0.2, -0.15) is 8.42 Å². The Morgan fingerprint density at radius 3 is 1.78 bits per heavy atom. The Morgan fingerprint density at radius 1 is 0.913 bits per heavy atom. The Labute approximate surface area is 142 Å². The largest absolute Gasteiger partial charge is 0.362 e. The van der Waals surface area contributed by atoms with E-state index in [1.54, 1.807) is 4.72 Å². The molecule has 0 heterocycles. The maximum atomic E-state index is 11.3. The van der Waals surface area contributed by atoms with Gasteiger partial charge in [0.1, 0.15) is 0 Å². The van der Waals surface area contributed by atoms with Crippen LogP contribution in [-0.2, 0) is 19.3 Å². The van der Waals surface area contributed by atoms with E-state index in [2.05, 4.69) is 17.7 Å². The monoisotopic (exact) mass is 347 g/mol. The molecule has 0 saturated carbocycles. The van der Waals surface area contributed by atoms with Crippen LogP contribution in [0.4, 0.5) is 0 Å². The van der Waals surface area contributed by atoms with E-state index in [4.69, 9.17) is 0 Å². The van der Waals surface area contributed by atoms with Crippen molar-refractivity contribution in [2.24, 2.45) is 0 Å². The number of hydrogen-bond donors (Lipinski definition) is 1. The molecule has 0 radical (unpaired) electrons. The van der Waals surface area contributed by atoms with Crippen molar-refractivity contribution in [1.82, 2.24) is 4.72 Å². The molecule has 0 aliphatic carbocycles. The Bertz CT molecular complexity index is 407. The topological polar surface area (TPSA) is 72.5 Å². The van der Waals surface area contributed by atoms with Crippen molar-refractivity contribution in [1.29, 1.82) is 0 Å². The molecule has 0 aliphatic rings. The molecule has 0 rings (SSSR count). The van der Waals surface area contributed by atoms with Gasteiger partial charge in [-0.05, 0) is 12.5 Å². The highest BCUT2D eigenvalue weighted by Gasteiger charge is 2.12. The van der Waals surface area contributed by atoms with Crippen molar-refractivity contribution < 1.29 is 17.4 Å². The zero-order valence-corrected chi connectivity index (χ0v) is 15.3. The van der Waals surface area contributed by atoms with Crippen molar-refractivity contribution in [2.45, 2.75) is 84.0 Å². The maximum absolute atomic E-state index is 11.3. The van der Waals surface area contributed by atoms with Crippen LogP contribution in [0.1, 0.15) is 84.0 Å². The molecule has 0 unspecified atom stereocenters. The molecular formula is C17H33NO4S. The molecule has 0 fully saturated rings. The molecule has 0 aromatic rings. The quantitative estimate of drug-likeness (QED) is 0.335. The fourth-order valence-electron chi connectivity index (χ4n) is 2.31. The minimum absolute atomic E-state index is 0.108. The van der Waals surface area contributed by atoms with Crippen molar-refractivity contribution in [3.63, 3.8) is 0 Å². The molecule has 23 heavy (non-hydrogen) atoms. The number of rotatable bonds is 16. The molecule has 0 bridgehead atoms. The summed E-state index contributed by atoms with van der Waals surface area (Å²) in [5.74, 6) is -0.778. The highest BCUT2D eigenvalue weighted by atomic mass is 32.2. The van der Waals surface area contributed by atoms with Gasteiger partial charge in [0.15, 0.2) is 0 Å². The lowest BCUT2D eigenvalue weighted by Crippen LogP contribution is -2.30. The molecule has 1 amide bonds. The van der Waals surface area contributed by atoms with E-state index >= 15 is 0 Å². The lowest BCUT2D eigenvalue weighted by atomic mass is 10.1. The lowest BCUT2D eigenvalue weighted by Gasteiger charge is -2.05. The SMILES string of the molecule is C=CC(=O)NS(=O)(=O)OCCCCCCCCCCCCCC. The van der Waals surface area contributed by atoms with Gasteiger partial charge >= 0.3 is 10.3 Å². The first-order valence-corrected chi connectivity index (χ1v) is 10.3. The summed E-state index contributed by atoms with van der Waals surface area (Å²) in [4.78, 5) is 10.9. The van der Waals surface area contributed by atoms with Gasteiger partial charge in [-0.15, -0.1) is 0 Å². The van der Waals surface area contributed by atoms with Crippen molar-refractivity contribution >= 4 is 16.2 Å². The van der Waals surface area contributed by atoms with Crippen LogP contribution in [0.3, 0.4) is 0 Å². The molecule has 0 atom stereocenters. The second kappa shape index (κ2) is 14.7. The van der Waals surface area contributed by atoms with Crippen LogP contribution in [0.5, 0.6) is 0 Å². The summed E-state index contributed by atoms with van der Waals surface area (Å²) in [6.07, 6.45) is 15.4. The van der Waals surface area contributed by atoms with E-state index in [0.29, 0.717) is 6.42 Å². The summed E-state index contributed by atoms with van der Waals surface area (Å²) in [5, 5.41) is 0. The molecular weight excluding hydrogens is 314 g/mol. The number of nitrogens with one attached hydrogen (secondary N) is 1. The Morgan fingerprint density at radius 2 is 1.35 bits per heavy atom. The second-order valence-corrected chi connectivity index (χ2v) is 7.18. The van der Waals surface area contributed by atoms with Crippen LogP contribution >= 0.6 is 0 Å². The molecule has 0 aliphatic heterocycles. The average molecular weight is 348 g/mol. The maximum Gasteiger partial charge on any atom is 0.362 e. The van der Waals surface area contributed by atoms with Gasteiger partial charge in [0.25, 0.3) is 5.91 Å². The summed E-state index contributed by atoms with van der Waals surface area (Å²) < 4.78 is 29.0. The average Bonchev–Trinajstić information content (AvgIpc) is 2.51. The van der Waals surface area contributed by atoms with E-state index in [9.17, 15) is 13.2 Å². The van der Waals surface area contributed by atoms with Crippen LogP contribution in [-0.4, -0.2) is 20.9 Å². The first-order valence-electron chi connectivity index (χ1n) is 8.85. The second-order valence-electron chi connectivity index (χ2n) is 5.84. The zero-order chi connectivity index (χ0) is 17.4. The molecule has 136 valence electrons. The van der Waals surface area contributed by atoms with E-state index in [1.165, 1.54) is 57.8 Å². The summed E-state index contributed by atoms with van der Waals surface area (Å²) in [6.45, 7) is 5.52. The zero-order valence-electron chi connectivity index (χ0n) is 14.5. The highest BCUT2D eigenvalue weighted by molar-refractivity contribution is 7.85. The molecule has 5 nitrogen and oxygen atoms in total. The highest BCUT2D eigenvalue weighted by Crippen LogP contribution is 2.12. The Hall–Kier alpha value is -0.880. The minimum Gasteiger partial charge on any atom is -0.269 e. The van der Waals surface area contributed by atoms with Crippen LogP contribution in [0.15, 0.2) is 12.7 Å². The van der Waals surface area contributed by atoms with E-state index in [1.807, 2.05) is 0 Å². The van der Waals surface area contributed by atoms with E-state index < -0.39 is 16.2 Å². The van der Waals surface area contributed by atoms with Gasteiger partial charge < -0.3 is 0 Å². The molecule has 1 N–H and O–H groups in total. The van der Waals surface area contributed by atoms with Crippen molar-refractivity contribution in [3.05, 3.63) is 12.7 Å². The van der Waals surface area contributed by atoms with Crippen LogP contribution in [0.25, 0.3) is 0 Å². The van der Waals surface area contributed by atoms with Gasteiger partial charge in [0.2, 0.25) is 0 Å². The van der Waals surface area contributed by atoms with E-state index in [0.717, 1.165) is 18.9 Å². The van der Waals surface area contributed by atoms with Crippen LogP contribution < -0.4 is 4.72 Å². The number of carbonyl (C=O) groups excluding carboxylic acids is 1. The molecule has 6 heteroatoms. The van der Waals surface area contributed by atoms with Gasteiger partial charge in [-0.25, -0.2) is 4.72 Å². The number of carbonyl (C=O) groups is 1.